The fourth-order valence-corrected chi connectivity index (χ4v) is 7.17. The van der Waals surface area contributed by atoms with Crippen LogP contribution in [0.25, 0.3) is 10.8 Å². The maximum Gasteiger partial charge on any atom is 0.243 e. The van der Waals surface area contributed by atoms with Crippen LogP contribution in [0.15, 0.2) is 76.5 Å². The molecular formula is C20H18ClNO4S2. The summed E-state index contributed by atoms with van der Waals surface area (Å²) >= 11 is 5.84. The highest BCUT2D eigenvalue weighted by Crippen LogP contribution is 2.31. The molecule has 0 saturated carbocycles. The van der Waals surface area contributed by atoms with Crippen molar-refractivity contribution in [2.75, 3.05) is 13.1 Å². The first-order chi connectivity index (χ1) is 13.3. The van der Waals surface area contributed by atoms with E-state index < -0.39 is 25.1 Å². The molecule has 1 atom stereocenters. The molecule has 1 aliphatic heterocycles. The van der Waals surface area contributed by atoms with Crippen molar-refractivity contribution in [1.82, 2.24) is 4.31 Å². The van der Waals surface area contributed by atoms with Crippen LogP contribution in [0.1, 0.15) is 6.42 Å². The van der Waals surface area contributed by atoms with Gasteiger partial charge in [0.15, 0.2) is 9.84 Å². The molecule has 1 aliphatic rings. The first-order valence-corrected chi connectivity index (χ1v) is 12.1. The lowest BCUT2D eigenvalue weighted by atomic mass is 10.1. The fraction of sp³-hybridized carbons (Fsp3) is 0.200. The first-order valence-electron chi connectivity index (χ1n) is 8.77. The number of sulfonamides is 1. The van der Waals surface area contributed by atoms with Crippen molar-refractivity contribution >= 4 is 42.2 Å². The number of fused-ring (bicyclic) bond motifs is 1. The summed E-state index contributed by atoms with van der Waals surface area (Å²) in [7, 11) is -7.44. The lowest BCUT2D eigenvalue weighted by Crippen LogP contribution is -2.32. The minimum absolute atomic E-state index is 0.0590. The fourth-order valence-electron chi connectivity index (χ4n) is 3.55. The molecule has 0 N–H and O–H groups in total. The molecule has 0 bridgehead atoms. The Bertz CT molecular complexity index is 1230. The Morgan fingerprint density at radius 2 is 1.54 bits per heavy atom. The molecule has 1 saturated heterocycles. The molecule has 3 aromatic carbocycles. The number of benzene rings is 3. The van der Waals surface area contributed by atoms with Crippen molar-refractivity contribution < 1.29 is 16.8 Å². The molecule has 0 aromatic heterocycles. The molecular weight excluding hydrogens is 418 g/mol. The zero-order valence-electron chi connectivity index (χ0n) is 14.8. The van der Waals surface area contributed by atoms with E-state index in [1.165, 1.54) is 28.6 Å². The van der Waals surface area contributed by atoms with Crippen LogP contribution in [0.3, 0.4) is 0 Å². The van der Waals surface area contributed by atoms with Gasteiger partial charge in [-0.15, -0.1) is 0 Å². The number of sulfone groups is 1. The molecule has 1 fully saturated rings. The zero-order chi connectivity index (χ0) is 19.9. The molecule has 4 rings (SSSR count). The monoisotopic (exact) mass is 435 g/mol. The standard InChI is InChI=1S/C20H18ClNO4S2/c21-16-8-10-17(11-9-16)27(23,24)18-12-13-22(14-18)28(25,26)20-7-3-5-15-4-1-2-6-19(15)20/h1-11,18H,12-14H2. The molecule has 0 amide bonds. The predicted octanol–water partition coefficient (Wildman–Crippen LogP) is 3.73. The highest BCUT2D eigenvalue weighted by molar-refractivity contribution is 7.92. The van der Waals surface area contributed by atoms with Gasteiger partial charge < -0.3 is 0 Å². The molecule has 5 nitrogen and oxygen atoms in total. The summed E-state index contributed by atoms with van der Waals surface area (Å²) in [6, 6.07) is 18.3. The predicted molar refractivity (Wildman–Crippen MR) is 110 cm³/mol. The highest BCUT2D eigenvalue weighted by Gasteiger charge is 2.39. The molecule has 1 unspecified atom stereocenters. The van der Waals surface area contributed by atoms with E-state index in [-0.39, 0.29) is 29.3 Å². The van der Waals surface area contributed by atoms with Gasteiger partial charge in [-0.05, 0) is 42.1 Å². The van der Waals surface area contributed by atoms with E-state index in [1.54, 1.807) is 24.3 Å². The molecule has 0 aliphatic carbocycles. The summed E-state index contributed by atoms with van der Waals surface area (Å²) in [5, 5.41) is 1.13. The van der Waals surface area contributed by atoms with E-state index in [4.69, 9.17) is 11.6 Å². The smallest absolute Gasteiger partial charge is 0.223 e. The second-order valence-electron chi connectivity index (χ2n) is 6.75. The van der Waals surface area contributed by atoms with Gasteiger partial charge in [0.05, 0.1) is 15.0 Å². The van der Waals surface area contributed by atoms with Gasteiger partial charge in [-0.1, -0.05) is 48.0 Å². The molecule has 3 aromatic rings. The lowest BCUT2D eigenvalue weighted by molar-refractivity contribution is 0.477. The van der Waals surface area contributed by atoms with Gasteiger partial charge in [0.1, 0.15) is 0 Å². The third kappa shape index (κ3) is 3.33. The SMILES string of the molecule is O=S(=O)(c1ccc(Cl)cc1)C1CCN(S(=O)(=O)c2cccc3ccccc23)C1. The number of nitrogens with zero attached hydrogens (tertiary/aromatic N) is 1. The minimum atomic E-state index is -3.80. The summed E-state index contributed by atoms with van der Waals surface area (Å²) in [6.45, 7) is 0.111. The molecule has 8 heteroatoms. The summed E-state index contributed by atoms with van der Waals surface area (Å²) in [4.78, 5) is 0.362. The van der Waals surface area contributed by atoms with E-state index in [0.29, 0.717) is 10.4 Å². The van der Waals surface area contributed by atoms with Crippen LogP contribution in [-0.2, 0) is 19.9 Å². The Hall–Kier alpha value is -1.93. The van der Waals surface area contributed by atoms with Crippen molar-refractivity contribution in [3.05, 3.63) is 71.8 Å². The van der Waals surface area contributed by atoms with Crippen LogP contribution in [0.2, 0.25) is 5.02 Å². The first kappa shape index (κ1) is 19.4. The van der Waals surface area contributed by atoms with Gasteiger partial charge in [-0.25, -0.2) is 16.8 Å². The molecule has 0 spiro atoms. The van der Waals surface area contributed by atoms with Crippen LogP contribution in [0, 0.1) is 0 Å². The second-order valence-corrected chi connectivity index (χ2v) is 11.3. The van der Waals surface area contributed by atoms with E-state index >= 15 is 0 Å². The summed E-state index contributed by atoms with van der Waals surface area (Å²) in [6.07, 6.45) is 0.259. The van der Waals surface area contributed by atoms with Crippen LogP contribution < -0.4 is 0 Å². The van der Waals surface area contributed by atoms with Gasteiger partial charge >= 0.3 is 0 Å². The van der Waals surface area contributed by atoms with Gasteiger partial charge in [0.25, 0.3) is 0 Å². The second kappa shape index (κ2) is 7.15. The van der Waals surface area contributed by atoms with Crippen LogP contribution in [0.4, 0.5) is 0 Å². The van der Waals surface area contributed by atoms with Gasteiger partial charge in [0, 0.05) is 23.5 Å². The van der Waals surface area contributed by atoms with Crippen molar-refractivity contribution in [2.45, 2.75) is 21.5 Å². The maximum absolute atomic E-state index is 13.2. The Balaban J connectivity index is 1.65. The average molecular weight is 436 g/mol. The van der Waals surface area contributed by atoms with Crippen LogP contribution >= 0.6 is 11.6 Å². The van der Waals surface area contributed by atoms with Gasteiger partial charge in [-0.3, -0.25) is 0 Å². The Morgan fingerprint density at radius 1 is 0.857 bits per heavy atom. The Kier molecular flexibility index (Phi) is 4.95. The zero-order valence-corrected chi connectivity index (χ0v) is 17.2. The van der Waals surface area contributed by atoms with Crippen molar-refractivity contribution in [1.29, 1.82) is 0 Å². The quantitative estimate of drug-likeness (QED) is 0.626. The van der Waals surface area contributed by atoms with E-state index in [0.717, 1.165) is 5.39 Å². The van der Waals surface area contributed by atoms with Crippen molar-refractivity contribution in [3.8, 4) is 0 Å². The maximum atomic E-state index is 13.2. The Morgan fingerprint density at radius 3 is 2.29 bits per heavy atom. The normalized spacial score (nSPS) is 18.5. The summed E-state index contributed by atoms with van der Waals surface area (Å²) in [5.41, 5.74) is 0. The average Bonchev–Trinajstić information content (AvgIpc) is 3.20. The number of halogens is 1. The molecule has 1 heterocycles. The van der Waals surface area contributed by atoms with Crippen LogP contribution in [-0.4, -0.2) is 39.5 Å². The lowest BCUT2D eigenvalue weighted by Gasteiger charge is -2.18. The third-order valence-electron chi connectivity index (χ3n) is 5.06. The topological polar surface area (TPSA) is 71.5 Å². The minimum Gasteiger partial charge on any atom is -0.223 e. The highest BCUT2D eigenvalue weighted by atomic mass is 35.5. The number of hydrogen-bond acceptors (Lipinski definition) is 4. The number of hydrogen-bond donors (Lipinski definition) is 0. The molecule has 0 radical (unpaired) electrons. The van der Waals surface area contributed by atoms with E-state index in [1.807, 2.05) is 18.2 Å². The Labute approximate surface area is 169 Å². The third-order valence-corrected chi connectivity index (χ3v) is 9.42. The molecule has 146 valence electrons. The van der Waals surface area contributed by atoms with Crippen molar-refractivity contribution in [3.63, 3.8) is 0 Å². The van der Waals surface area contributed by atoms with Gasteiger partial charge in [-0.2, -0.15) is 4.31 Å². The van der Waals surface area contributed by atoms with E-state index in [9.17, 15) is 16.8 Å². The van der Waals surface area contributed by atoms with Crippen LogP contribution in [0.5, 0.6) is 0 Å². The van der Waals surface area contributed by atoms with Crippen molar-refractivity contribution in [2.24, 2.45) is 0 Å². The van der Waals surface area contributed by atoms with Gasteiger partial charge in [0.2, 0.25) is 10.0 Å². The number of rotatable bonds is 4. The largest absolute Gasteiger partial charge is 0.243 e. The summed E-state index contributed by atoms with van der Waals surface area (Å²) < 4.78 is 53.5. The summed E-state index contributed by atoms with van der Waals surface area (Å²) in [5.74, 6) is 0. The molecule has 28 heavy (non-hydrogen) atoms. The van der Waals surface area contributed by atoms with E-state index in [2.05, 4.69) is 0 Å².